The second-order valence-corrected chi connectivity index (χ2v) is 4.67. The summed E-state index contributed by atoms with van der Waals surface area (Å²) in [5.41, 5.74) is 3.39. The summed E-state index contributed by atoms with van der Waals surface area (Å²) in [5.74, 6) is -0.261. The van der Waals surface area contributed by atoms with Gasteiger partial charge in [-0.25, -0.2) is 4.39 Å². The first-order chi connectivity index (χ1) is 8.11. The summed E-state index contributed by atoms with van der Waals surface area (Å²) >= 11 is 3.36. The van der Waals surface area contributed by atoms with Crippen molar-refractivity contribution in [3.05, 3.63) is 57.8 Å². The highest BCUT2D eigenvalue weighted by molar-refractivity contribution is 9.10. The summed E-state index contributed by atoms with van der Waals surface area (Å²) in [6.45, 7) is 1.86. The van der Waals surface area contributed by atoms with Crippen LogP contribution in [-0.4, -0.2) is 6.29 Å². The minimum absolute atomic E-state index is 0.261. The van der Waals surface area contributed by atoms with Crippen molar-refractivity contribution in [2.45, 2.75) is 6.92 Å². The Kier molecular flexibility index (Phi) is 3.38. The Morgan fingerprint density at radius 1 is 1.18 bits per heavy atom. The van der Waals surface area contributed by atoms with Gasteiger partial charge in [-0.05, 0) is 35.7 Å². The molecular formula is C14H10BrFO. The van der Waals surface area contributed by atoms with Crippen molar-refractivity contribution in [2.24, 2.45) is 0 Å². The highest BCUT2D eigenvalue weighted by Crippen LogP contribution is 2.32. The topological polar surface area (TPSA) is 17.1 Å². The normalized spacial score (nSPS) is 10.3. The van der Waals surface area contributed by atoms with E-state index < -0.39 is 0 Å². The van der Waals surface area contributed by atoms with Crippen molar-refractivity contribution >= 4 is 22.2 Å². The molecule has 86 valence electrons. The molecule has 0 bridgehead atoms. The third-order valence-electron chi connectivity index (χ3n) is 2.59. The van der Waals surface area contributed by atoms with Crippen molar-refractivity contribution in [1.82, 2.24) is 0 Å². The molecule has 1 nitrogen and oxygen atoms in total. The monoisotopic (exact) mass is 292 g/mol. The molecule has 17 heavy (non-hydrogen) atoms. The van der Waals surface area contributed by atoms with Crippen molar-refractivity contribution in [2.75, 3.05) is 0 Å². The molecule has 2 aromatic carbocycles. The Balaban J connectivity index is 2.56. The van der Waals surface area contributed by atoms with Crippen LogP contribution in [0.25, 0.3) is 11.1 Å². The smallest absolute Gasteiger partial charge is 0.150 e. The zero-order valence-corrected chi connectivity index (χ0v) is 10.8. The van der Waals surface area contributed by atoms with E-state index in [0.717, 1.165) is 23.0 Å². The van der Waals surface area contributed by atoms with Crippen LogP contribution in [0.4, 0.5) is 4.39 Å². The lowest BCUT2D eigenvalue weighted by Gasteiger charge is -2.09. The molecule has 0 amide bonds. The molecule has 0 aliphatic heterocycles. The standard InChI is InChI=1S/C14H10BrFO/c1-9-6-12(16)7-13(15)14(9)11-4-2-10(8-17)3-5-11/h2-8H,1H3. The fourth-order valence-electron chi connectivity index (χ4n) is 1.80. The quantitative estimate of drug-likeness (QED) is 0.751. The van der Waals surface area contributed by atoms with Crippen molar-refractivity contribution in [3.8, 4) is 11.1 Å². The fraction of sp³-hybridized carbons (Fsp3) is 0.0714. The average Bonchev–Trinajstić information content (AvgIpc) is 2.28. The summed E-state index contributed by atoms with van der Waals surface area (Å²) < 4.78 is 13.9. The lowest BCUT2D eigenvalue weighted by atomic mass is 9.99. The van der Waals surface area contributed by atoms with E-state index in [4.69, 9.17) is 0 Å². The molecule has 0 atom stereocenters. The van der Waals surface area contributed by atoms with Crippen LogP contribution < -0.4 is 0 Å². The Bertz CT molecular complexity index is 538. The van der Waals surface area contributed by atoms with Gasteiger partial charge in [0.1, 0.15) is 12.1 Å². The van der Waals surface area contributed by atoms with Crippen LogP contribution in [0.5, 0.6) is 0 Å². The minimum Gasteiger partial charge on any atom is -0.298 e. The largest absolute Gasteiger partial charge is 0.298 e. The van der Waals surface area contributed by atoms with Gasteiger partial charge in [-0.3, -0.25) is 4.79 Å². The Morgan fingerprint density at radius 3 is 2.35 bits per heavy atom. The fourth-order valence-corrected chi connectivity index (χ4v) is 2.56. The van der Waals surface area contributed by atoms with Gasteiger partial charge in [0.2, 0.25) is 0 Å². The molecule has 2 aromatic rings. The van der Waals surface area contributed by atoms with Gasteiger partial charge in [0, 0.05) is 10.0 Å². The molecule has 0 aliphatic carbocycles. The molecule has 0 spiro atoms. The molecule has 0 radical (unpaired) electrons. The summed E-state index contributed by atoms with van der Waals surface area (Å²) in [6, 6.07) is 10.1. The minimum atomic E-state index is -0.261. The van der Waals surface area contributed by atoms with E-state index in [0.29, 0.717) is 10.0 Å². The number of hydrogen-bond donors (Lipinski definition) is 0. The Labute approximate surface area is 107 Å². The van der Waals surface area contributed by atoms with Crippen molar-refractivity contribution in [1.29, 1.82) is 0 Å². The van der Waals surface area contributed by atoms with Crippen LogP contribution >= 0.6 is 15.9 Å². The third kappa shape index (κ3) is 2.44. The second kappa shape index (κ2) is 4.80. The second-order valence-electron chi connectivity index (χ2n) is 3.82. The van der Waals surface area contributed by atoms with Crippen molar-refractivity contribution in [3.63, 3.8) is 0 Å². The van der Waals surface area contributed by atoms with E-state index in [-0.39, 0.29) is 5.82 Å². The molecule has 0 saturated heterocycles. The van der Waals surface area contributed by atoms with E-state index >= 15 is 0 Å². The number of hydrogen-bond acceptors (Lipinski definition) is 1. The number of carbonyl (C=O) groups excluding carboxylic acids is 1. The van der Waals surface area contributed by atoms with Crippen LogP contribution in [0.1, 0.15) is 15.9 Å². The summed E-state index contributed by atoms with van der Waals surface area (Å²) in [6.07, 6.45) is 0.802. The summed E-state index contributed by atoms with van der Waals surface area (Å²) in [4.78, 5) is 10.6. The highest BCUT2D eigenvalue weighted by Gasteiger charge is 2.08. The third-order valence-corrected chi connectivity index (χ3v) is 3.21. The van der Waals surface area contributed by atoms with Crippen LogP contribution in [0.3, 0.4) is 0 Å². The van der Waals surface area contributed by atoms with Crippen LogP contribution in [-0.2, 0) is 0 Å². The number of benzene rings is 2. The number of halogens is 2. The molecule has 0 unspecified atom stereocenters. The lowest BCUT2D eigenvalue weighted by molar-refractivity contribution is 0.112. The number of carbonyl (C=O) groups is 1. The maximum Gasteiger partial charge on any atom is 0.150 e. The Hall–Kier alpha value is -1.48. The molecule has 0 aliphatic rings. The van der Waals surface area contributed by atoms with Crippen LogP contribution in [0.2, 0.25) is 0 Å². The van der Waals surface area contributed by atoms with Crippen LogP contribution in [0, 0.1) is 12.7 Å². The van der Waals surface area contributed by atoms with Gasteiger partial charge in [-0.2, -0.15) is 0 Å². The number of aryl methyl sites for hydroxylation is 1. The molecular weight excluding hydrogens is 283 g/mol. The van der Waals surface area contributed by atoms with E-state index in [9.17, 15) is 9.18 Å². The van der Waals surface area contributed by atoms with Gasteiger partial charge < -0.3 is 0 Å². The molecule has 0 saturated carbocycles. The predicted molar refractivity (Wildman–Crippen MR) is 69.7 cm³/mol. The van der Waals surface area contributed by atoms with E-state index in [2.05, 4.69) is 15.9 Å². The van der Waals surface area contributed by atoms with Crippen molar-refractivity contribution < 1.29 is 9.18 Å². The lowest BCUT2D eigenvalue weighted by Crippen LogP contribution is -1.88. The number of aldehydes is 1. The van der Waals surface area contributed by atoms with Crippen LogP contribution in [0.15, 0.2) is 40.9 Å². The zero-order chi connectivity index (χ0) is 12.4. The summed E-state index contributed by atoms with van der Waals surface area (Å²) in [7, 11) is 0. The SMILES string of the molecule is Cc1cc(F)cc(Br)c1-c1ccc(C=O)cc1. The van der Waals surface area contributed by atoms with E-state index in [1.165, 1.54) is 12.1 Å². The first-order valence-electron chi connectivity index (χ1n) is 5.13. The molecule has 0 fully saturated rings. The highest BCUT2D eigenvalue weighted by atomic mass is 79.9. The summed E-state index contributed by atoms with van der Waals surface area (Å²) in [5, 5.41) is 0. The maximum atomic E-state index is 13.2. The average molecular weight is 293 g/mol. The van der Waals surface area contributed by atoms with Gasteiger partial charge in [0.15, 0.2) is 0 Å². The molecule has 0 heterocycles. The van der Waals surface area contributed by atoms with Gasteiger partial charge >= 0.3 is 0 Å². The van der Waals surface area contributed by atoms with E-state index in [1.807, 2.05) is 19.1 Å². The first-order valence-corrected chi connectivity index (χ1v) is 5.92. The predicted octanol–water partition coefficient (Wildman–Crippen LogP) is 4.38. The molecule has 0 aromatic heterocycles. The number of rotatable bonds is 2. The first kappa shape index (κ1) is 12.0. The molecule has 2 rings (SSSR count). The Morgan fingerprint density at radius 2 is 1.82 bits per heavy atom. The zero-order valence-electron chi connectivity index (χ0n) is 9.21. The van der Waals surface area contributed by atoms with Gasteiger partial charge in [-0.1, -0.05) is 40.2 Å². The van der Waals surface area contributed by atoms with Gasteiger partial charge in [0.05, 0.1) is 0 Å². The molecule has 0 N–H and O–H groups in total. The molecule has 3 heteroatoms. The van der Waals surface area contributed by atoms with Gasteiger partial charge in [-0.15, -0.1) is 0 Å². The van der Waals surface area contributed by atoms with E-state index in [1.54, 1.807) is 12.1 Å². The van der Waals surface area contributed by atoms with Gasteiger partial charge in [0.25, 0.3) is 0 Å². The maximum absolute atomic E-state index is 13.2.